The first-order valence-corrected chi connectivity index (χ1v) is 8.05. The van der Waals surface area contributed by atoms with Crippen LogP contribution >= 0.6 is 11.6 Å². The highest BCUT2D eigenvalue weighted by Gasteiger charge is 2.10. The third-order valence-electron chi connectivity index (χ3n) is 3.62. The number of hydrogen-bond acceptors (Lipinski definition) is 5. The number of benzene rings is 1. The molecule has 0 bridgehead atoms. The van der Waals surface area contributed by atoms with Gasteiger partial charge in [-0.05, 0) is 18.9 Å². The zero-order valence-electron chi connectivity index (χ0n) is 12.6. The quantitative estimate of drug-likeness (QED) is 0.513. The standard InChI is InChI=1S/C16H18ClN5O/c17-7-3-4-8-22-11-21-14-15(19-10-20-16(14)22)18-9-12-5-1-2-6-13(12)23/h1-2,5-6,10-11,23H,3-4,7-9H2,(H,18,19,20). The van der Waals surface area contributed by atoms with Crippen LogP contribution in [0.1, 0.15) is 18.4 Å². The predicted molar refractivity (Wildman–Crippen MR) is 90.7 cm³/mol. The van der Waals surface area contributed by atoms with Gasteiger partial charge >= 0.3 is 0 Å². The van der Waals surface area contributed by atoms with Gasteiger partial charge < -0.3 is 15.0 Å². The molecule has 0 atom stereocenters. The van der Waals surface area contributed by atoms with E-state index in [9.17, 15) is 5.11 Å². The summed E-state index contributed by atoms with van der Waals surface area (Å²) in [6, 6.07) is 7.21. The van der Waals surface area contributed by atoms with Gasteiger partial charge in [-0.2, -0.15) is 0 Å². The van der Waals surface area contributed by atoms with Crippen molar-refractivity contribution in [2.45, 2.75) is 25.9 Å². The van der Waals surface area contributed by atoms with Crippen LogP contribution in [-0.4, -0.2) is 30.5 Å². The van der Waals surface area contributed by atoms with Crippen LogP contribution in [0.15, 0.2) is 36.9 Å². The second-order valence-corrected chi connectivity index (χ2v) is 5.59. The molecular weight excluding hydrogens is 314 g/mol. The lowest BCUT2D eigenvalue weighted by atomic mass is 10.2. The van der Waals surface area contributed by atoms with Crippen molar-refractivity contribution < 1.29 is 5.11 Å². The van der Waals surface area contributed by atoms with Crippen LogP contribution in [0, 0.1) is 0 Å². The maximum atomic E-state index is 9.82. The zero-order chi connectivity index (χ0) is 16.1. The highest BCUT2D eigenvalue weighted by atomic mass is 35.5. The molecule has 6 nitrogen and oxygen atoms in total. The van der Waals surface area contributed by atoms with E-state index >= 15 is 0 Å². The van der Waals surface area contributed by atoms with Gasteiger partial charge in [0, 0.05) is 24.5 Å². The van der Waals surface area contributed by atoms with Gasteiger partial charge in [0.15, 0.2) is 11.5 Å². The lowest BCUT2D eigenvalue weighted by Gasteiger charge is -2.08. The first-order valence-electron chi connectivity index (χ1n) is 7.52. The molecule has 120 valence electrons. The summed E-state index contributed by atoms with van der Waals surface area (Å²) in [7, 11) is 0. The van der Waals surface area contributed by atoms with Crippen LogP contribution < -0.4 is 5.32 Å². The second kappa shape index (κ2) is 7.28. The predicted octanol–water partition coefficient (Wildman–Crippen LogP) is 3.16. The summed E-state index contributed by atoms with van der Waals surface area (Å²) in [5.74, 6) is 1.58. The van der Waals surface area contributed by atoms with E-state index in [-0.39, 0.29) is 5.75 Å². The molecule has 0 amide bonds. The fraction of sp³-hybridized carbons (Fsp3) is 0.312. The number of halogens is 1. The van der Waals surface area contributed by atoms with E-state index < -0.39 is 0 Å². The van der Waals surface area contributed by atoms with Crippen molar-refractivity contribution in [2.75, 3.05) is 11.2 Å². The molecule has 0 spiro atoms. The highest BCUT2D eigenvalue weighted by molar-refractivity contribution is 6.17. The van der Waals surface area contributed by atoms with Crippen molar-refractivity contribution in [3.8, 4) is 5.75 Å². The lowest BCUT2D eigenvalue weighted by Crippen LogP contribution is -2.04. The van der Waals surface area contributed by atoms with Gasteiger partial charge in [-0.3, -0.25) is 0 Å². The number of alkyl halides is 1. The Bertz CT molecular complexity index is 789. The number of phenolic OH excluding ortho intramolecular Hbond substituents is 1. The Morgan fingerprint density at radius 3 is 2.83 bits per heavy atom. The Labute approximate surface area is 139 Å². The minimum Gasteiger partial charge on any atom is -0.508 e. The lowest BCUT2D eigenvalue weighted by molar-refractivity contribution is 0.469. The average molecular weight is 332 g/mol. The molecule has 0 radical (unpaired) electrons. The number of imidazole rings is 1. The fourth-order valence-corrected chi connectivity index (χ4v) is 2.58. The van der Waals surface area contributed by atoms with Gasteiger partial charge in [0.2, 0.25) is 0 Å². The van der Waals surface area contributed by atoms with Gasteiger partial charge in [0.25, 0.3) is 0 Å². The van der Waals surface area contributed by atoms with Crippen LogP contribution in [0.2, 0.25) is 0 Å². The molecule has 23 heavy (non-hydrogen) atoms. The van der Waals surface area contributed by atoms with Crippen molar-refractivity contribution in [1.82, 2.24) is 19.5 Å². The number of para-hydroxylation sites is 1. The topological polar surface area (TPSA) is 75.9 Å². The SMILES string of the molecule is Oc1ccccc1CNc1ncnc2c1ncn2CCCCCl. The highest BCUT2D eigenvalue weighted by Crippen LogP contribution is 2.21. The number of fused-ring (bicyclic) bond motifs is 1. The Morgan fingerprint density at radius 1 is 1.13 bits per heavy atom. The minimum atomic E-state index is 0.261. The molecule has 7 heteroatoms. The first kappa shape index (κ1) is 15.6. The molecular formula is C16H18ClN5O. The van der Waals surface area contributed by atoms with Gasteiger partial charge in [-0.15, -0.1) is 11.6 Å². The third-order valence-corrected chi connectivity index (χ3v) is 3.89. The minimum absolute atomic E-state index is 0.261. The summed E-state index contributed by atoms with van der Waals surface area (Å²) < 4.78 is 2.01. The Balaban J connectivity index is 1.77. The third kappa shape index (κ3) is 3.53. The number of unbranched alkanes of at least 4 members (excludes halogenated alkanes) is 1. The van der Waals surface area contributed by atoms with Gasteiger partial charge in [0.05, 0.1) is 6.33 Å². The van der Waals surface area contributed by atoms with E-state index in [1.54, 1.807) is 18.5 Å². The van der Waals surface area contributed by atoms with Crippen LogP contribution in [0.4, 0.5) is 5.82 Å². The zero-order valence-corrected chi connectivity index (χ0v) is 13.4. The van der Waals surface area contributed by atoms with E-state index in [2.05, 4.69) is 20.3 Å². The van der Waals surface area contributed by atoms with Crippen LogP contribution in [-0.2, 0) is 13.1 Å². The molecule has 0 fully saturated rings. The van der Waals surface area contributed by atoms with Crippen LogP contribution in [0.5, 0.6) is 5.75 Å². The summed E-state index contributed by atoms with van der Waals surface area (Å²) in [4.78, 5) is 13.0. The Kier molecular flexibility index (Phi) is 4.92. The fourth-order valence-electron chi connectivity index (χ4n) is 2.39. The number of anilines is 1. The van der Waals surface area contributed by atoms with Crippen molar-refractivity contribution >= 4 is 28.6 Å². The number of hydrogen-bond donors (Lipinski definition) is 2. The van der Waals surface area contributed by atoms with Crippen molar-refractivity contribution in [1.29, 1.82) is 0 Å². The summed E-state index contributed by atoms with van der Waals surface area (Å²) in [5.41, 5.74) is 2.34. The molecule has 0 aliphatic carbocycles. The summed E-state index contributed by atoms with van der Waals surface area (Å²) in [6.07, 6.45) is 5.25. The Morgan fingerprint density at radius 2 is 2.00 bits per heavy atom. The largest absolute Gasteiger partial charge is 0.508 e. The maximum absolute atomic E-state index is 9.82. The molecule has 3 aromatic rings. The maximum Gasteiger partial charge on any atom is 0.165 e. The van der Waals surface area contributed by atoms with Crippen molar-refractivity contribution in [3.63, 3.8) is 0 Å². The van der Waals surface area contributed by atoms with E-state index in [0.29, 0.717) is 18.2 Å². The van der Waals surface area contributed by atoms with Crippen molar-refractivity contribution in [2.24, 2.45) is 0 Å². The number of aryl methyl sites for hydroxylation is 1. The number of aromatic hydroxyl groups is 1. The average Bonchev–Trinajstić information content (AvgIpc) is 2.98. The molecule has 1 aromatic carbocycles. The molecule has 0 aliphatic rings. The number of aromatic nitrogens is 4. The van der Waals surface area contributed by atoms with E-state index in [0.717, 1.165) is 36.1 Å². The van der Waals surface area contributed by atoms with Crippen LogP contribution in [0.25, 0.3) is 11.2 Å². The van der Waals surface area contributed by atoms with E-state index in [1.165, 1.54) is 6.33 Å². The molecule has 2 aromatic heterocycles. The number of nitrogens with zero attached hydrogens (tertiary/aromatic N) is 4. The molecule has 0 saturated carbocycles. The summed E-state index contributed by atoms with van der Waals surface area (Å²) in [5, 5.41) is 13.0. The second-order valence-electron chi connectivity index (χ2n) is 5.21. The van der Waals surface area contributed by atoms with Gasteiger partial charge in [-0.25, -0.2) is 15.0 Å². The molecule has 0 saturated heterocycles. The number of rotatable bonds is 7. The summed E-state index contributed by atoms with van der Waals surface area (Å²) in [6.45, 7) is 1.30. The van der Waals surface area contributed by atoms with E-state index in [1.807, 2.05) is 16.7 Å². The van der Waals surface area contributed by atoms with E-state index in [4.69, 9.17) is 11.6 Å². The van der Waals surface area contributed by atoms with Gasteiger partial charge in [0.1, 0.15) is 17.6 Å². The first-order chi connectivity index (χ1) is 11.3. The molecule has 0 aliphatic heterocycles. The summed E-state index contributed by atoms with van der Waals surface area (Å²) >= 11 is 5.72. The molecule has 2 N–H and O–H groups in total. The molecule has 0 unspecified atom stereocenters. The monoisotopic (exact) mass is 331 g/mol. The Hall–Kier alpha value is -2.34. The normalized spacial score (nSPS) is 11.0. The molecule has 3 rings (SSSR count). The number of phenols is 1. The molecule has 2 heterocycles. The van der Waals surface area contributed by atoms with Crippen LogP contribution in [0.3, 0.4) is 0 Å². The smallest absolute Gasteiger partial charge is 0.165 e. The van der Waals surface area contributed by atoms with Gasteiger partial charge in [-0.1, -0.05) is 18.2 Å². The van der Waals surface area contributed by atoms with Crippen molar-refractivity contribution in [3.05, 3.63) is 42.5 Å². The number of nitrogens with one attached hydrogen (secondary N) is 1.